The lowest BCUT2D eigenvalue weighted by molar-refractivity contribution is -0.137. The average Bonchev–Trinajstić information content (AvgIpc) is 3.30. The number of amides is 3. The highest BCUT2D eigenvalue weighted by Crippen LogP contribution is 2.29. The summed E-state index contributed by atoms with van der Waals surface area (Å²) in [6, 6.07) is 7.09. The topological polar surface area (TPSA) is 91.7 Å². The molecule has 0 aliphatic carbocycles. The Bertz CT molecular complexity index is 911. The van der Waals surface area contributed by atoms with Crippen molar-refractivity contribution >= 4 is 17.7 Å². The Kier molecular flexibility index (Phi) is 6.98. The van der Waals surface area contributed by atoms with Gasteiger partial charge in [-0.2, -0.15) is 13.2 Å². The van der Waals surface area contributed by atoms with Gasteiger partial charge in [0.25, 0.3) is 11.8 Å². The van der Waals surface area contributed by atoms with Crippen molar-refractivity contribution < 1.29 is 32.0 Å². The molecule has 31 heavy (non-hydrogen) atoms. The summed E-state index contributed by atoms with van der Waals surface area (Å²) in [6.45, 7) is 1.11. The van der Waals surface area contributed by atoms with Crippen LogP contribution >= 0.6 is 0 Å². The number of carbonyl (C=O) groups is 3. The van der Waals surface area contributed by atoms with E-state index in [1.54, 1.807) is 17.0 Å². The number of piperidine rings is 1. The number of hydrogen-bond acceptors (Lipinski definition) is 4. The van der Waals surface area contributed by atoms with Gasteiger partial charge in [-0.3, -0.25) is 14.4 Å². The summed E-state index contributed by atoms with van der Waals surface area (Å²) >= 11 is 0. The lowest BCUT2D eigenvalue weighted by atomic mass is 9.97. The molecule has 1 fully saturated rings. The fraction of sp³-hybridized carbons (Fsp3) is 0.381. The van der Waals surface area contributed by atoms with Gasteiger partial charge in [-0.15, -0.1) is 0 Å². The van der Waals surface area contributed by atoms with E-state index in [-0.39, 0.29) is 48.7 Å². The quantitative estimate of drug-likeness (QED) is 0.680. The third kappa shape index (κ3) is 5.87. The van der Waals surface area contributed by atoms with Gasteiger partial charge >= 0.3 is 6.18 Å². The highest BCUT2D eigenvalue weighted by atomic mass is 19.4. The van der Waals surface area contributed by atoms with E-state index in [1.807, 2.05) is 0 Å². The Morgan fingerprint density at radius 3 is 2.42 bits per heavy atom. The zero-order valence-electron chi connectivity index (χ0n) is 16.6. The molecule has 2 N–H and O–H groups in total. The summed E-state index contributed by atoms with van der Waals surface area (Å²) in [5.41, 5.74) is -0.734. The van der Waals surface area contributed by atoms with Crippen molar-refractivity contribution in [3.8, 4) is 0 Å². The monoisotopic (exact) mass is 437 g/mol. The largest absolute Gasteiger partial charge is 0.459 e. The first kappa shape index (κ1) is 22.4. The minimum Gasteiger partial charge on any atom is -0.459 e. The van der Waals surface area contributed by atoms with Crippen molar-refractivity contribution in [2.75, 3.05) is 26.2 Å². The van der Waals surface area contributed by atoms with Crippen molar-refractivity contribution in [2.45, 2.75) is 19.0 Å². The molecule has 1 aromatic heterocycles. The molecule has 0 radical (unpaired) electrons. The third-order valence-electron chi connectivity index (χ3n) is 5.00. The summed E-state index contributed by atoms with van der Waals surface area (Å²) in [5.74, 6) is -1.15. The predicted molar refractivity (Wildman–Crippen MR) is 104 cm³/mol. The number of carbonyl (C=O) groups excluding carboxylic acids is 3. The van der Waals surface area contributed by atoms with Crippen molar-refractivity contribution in [3.05, 3.63) is 59.5 Å². The normalized spacial score (nSPS) is 16.6. The van der Waals surface area contributed by atoms with E-state index in [0.717, 1.165) is 24.3 Å². The Hall–Kier alpha value is -3.30. The maximum absolute atomic E-state index is 12.6. The summed E-state index contributed by atoms with van der Waals surface area (Å²) in [6.07, 6.45) is -1.71. The average molecular weight is 437 g/mol. The molecule has 3 rings (SSSR count). The van der Waals surface area contributed by atoms with Crippen LogP contribution in [0.4, 0.5) is 13.2 Å². The first-order valence-corrected chi connectivity index (χ1v) is 9.81. The summed E-state index contributed by atoms with van der Waals surface area (Å²) in [7, 11) is 0. The Balaban J connectivity index is 1.41. The second-order valence-corrected chi connectivity index (χ2v) is 7.19. The van der Waals surface area contributed by atoms with Gasteiger partial charge in [-0.25, -0.2) is 0 Å². The molecule has 1 aliphatic heterocycles. The number of alkyl halides is 3. The van der Waals surface area contributed by atoms with Gasteiger partial charge in [0.05, 0.1) is 17.7 Å². The van der Waals surface area contributed by atoms with Gasteiger partial charge in [0.15, 0.2) is 5.76 Å². The number of benzene rings is 1. The molecule has 2 aromatic rings. The van der Waals surface area contributed by atoms with Crippen LogP contribution in [-0.2, 0) is 11.0 Å². The molecule has 0 spiro atoms. The first-order valence-electron chi connectivity index (χ1n) is 9.81. The van der Waals surface area contributed by atoms with Crippen LogP contribution in [0.1, 0.15) is 39.3 Å². The van der Waals surface area contributed by atoms with Crippen molar-refractivity contribution in [3.63, 3.8) is 0 Å². The smallest absolute Gasteiger partial charge is 0.416 e. The molecule has 7 nitrogen and oxygen atoms in total. The number of hydrogen-bond donors (Lipinski definition) is 2. The highest BCUT2D eigenvalue weighted by molar-refractivity contribution is 5.94. The van der Waals surface area contributed by atoms with Crippen molar-refractivity contribution in [1.29, 1.82) is 0 Å². The zero-order chi connectivity index (χ0) is 22.4. The number of nitrogens with one attached hydrogen (secondary N) is 2. The van der Waals surface area contributed by atoms with Crippen LogP contribution in [0.25, 0.3) is 0 Å². The molecule has 166 valence electrons. The second kappa shape index (κ2) is 9.67. The maximum atomic E-state index is 12.6. The minimum absolute atomic E-state index is 0.0960. The Labute approximate surface area is 176 Å². The van der Waals surface area contributed by atoms with Crippen LogP contribution in [-0.4, -0.2) is 48.8 Å². The molecule has 1 aliphatic rings. The van der Waals surface area contributed by atoms with Crippen molar-refractivity contribution in [2.24, 2.45) is 5.92 Å². The molecular formula is C21H22F3N3O4. The van der Waals surface area contributed by atoms with E-state index in [4.69, 9.17) is 4.42 Å². The fourth-order valence-corrected chi connectivity index (χ4v) is 3.35. The first-order chi connectivity index (χ1) is 14.8. The van der Waals surface area contributed by atoms with Gasteiger partial charge < -0.3 is 20.0 Å². The van der Waals surface area contributed by atoms with Gasteiger partial charge in [0.1, 0.15) is 0 Å². The fourth-order valence-electron chi connectivity index (χ4n) is 3.35. The molecule has 2 heterocycles. The van der Waals surface area contributed by atoms with E-state index in [0.29, 0.717) is 19.4 Å². The van der Waals surface area contributed by atoms with E-state index in [9.17, 15) is 27.6 Å². The SMILES string of the molecule is O=C(NCCNC(=O)C1CCCN(C(=O)c2ccco2)C1)c1ccc(C(F)(F)F)cc1. The minimum atomic E-state index is -4.46. The molecule has 1 saturated heterocycles. The van der Waals surface area contributed by atoms with Crippen LogP contribution in [0.2, 0.25) is 0 Å². The standard InChI is InChI=1S/C21H22F3N3O4/c22-21(23,24)16-7-5-14(6-8-16)18(28)25-9-10-26-19(29)15-3-1-11-27(13-15)20(30)17-4-2-12-31-17/h2,4-8,12,15H,1,3,9-11,13H2,(H,25,28)(H,26,29). The molecular weight excluding hydrogens is 415 g/mol. The number of halogens is 3. The summed E-state index contributed by atoms with van der Waals surface area (Å²) in [5, 5.41) is 5.27. The van der Waals surface area contributed by atoms with Crippen LogP contribution < -0.4 is 10.6 Å². The number of furan rings is 1. The Morgan fingerprint density at radius 2 is 1.77 bits per heavy atom. The molecule has 0 bridgehead atoms. The predicted octanol–water partition coefficient (Wildman–Crippen LogP) is 2.70. The molecule has 1 aromatic carbocycles. The second-order valence-electron chi connectivity index (χ2n) is 7.19. The van der Waals surface area contributed by atoms with E-state index in [1.165, 1.54) is 6.26 Å². The van der Waals surface area contributed by atoms with Crippen LogP contribution in [0.5, 0.6) is 0 Å². The maximum Gasteiger partial charge on any atom is 0.416 e. The number of nitrogens with zero attached hydrogens (tertiary/aromatic N) is 1. The number of rotatable bonds is 6. The van der Waals surface area contributed by atoms with Gasteiger partial charge in [0.2, 0.25) is 5.91 Å². The van der Waals surface area contributed by atoms with Gasteiger partial charge in [-0.05, 0) is 49.2 Å². The zero-order valence-corrected chi connectivity index (χ0v) is 16.6. The van der Waals surface area contributed by atoms with Crippen LogP contribution in [0, 0.1) is 5.92 Å². The van der Waals surface area contributed by atoms with Crippen molar-refractivity contribution in [1.82, 2.24) is 15.5 Å². The summed E-state index contributed by atoms with van der Waals surface area (Å²) in [4.78, 5) is 38.4. The molecule has 0 saturated carbocycles. The van der Waals surface area contributed by atoms with E-state index in [2.05, 4.69) is 10.6 Å². The Morgan fingerprint density at radius 1 is 1.06 bits per heavy atom. The summed E-state index contributed by atoms with van der Waals surface area (Å²) < 4.78 is 42.8. The lowest BCUT2D eigenvalue weighted by Gasteiger charge is -2.31. The molecule has 3 amide bonds. The van der Waals surface area contributed by atoms with Crippen LogP contribution in [0.15, 0.2) is 47.1 Å². The lowest BCUT2D eigenvalue weighted by Crippen LogP contribution is -2.46. The van der Waals surface area contributed by atoms with Crippen LogP contribution in [0.3, 0.4) is 0 Å². The van der Waals surface area contributed by atoms with E-state index < -0.39 is 17.6 Å². The third-order valence-corrected chi connectivity index (χ3v) is 5.00. The highest BCUT2D eigenvalue weighted by Gasteiger charge is 2.31. The van der Waals surface area contributed by atoms with Gasteiger partial charge in [0, 0.05) is 31.7 Å². The van der Waals surface area contributed by atoms with E-state index >= 15 is 0 Å². The molecule has 1 atom stereocenters. The molecule has 1 unspecified atom stereocenters. The van der Waals surface area contributed by atoms with Gasteiger partial charge in [-0.1, -0.05) is 0 Å². The molecule has 10 heteroatoms. The number of likely N-dealkylation sites (tertiary alicyclic amines) is 1.